The highest BCUT2D eigenvalue weighted by molar-refractivity contribution is 14.0. The third kappa shape index (κ3) is 5.44. The lowest BCUT2D eigenvalue weighted by Gasteiger charge is -2.22. The van der Waals surface area contributed by atoms with Crippen molar-refractivity contribution in [1.82, 2.24) is 20.4 Å². The van der Waals surface area contributed by atoms with Gasteiger partial charge in [0.05, 0.1) is 12.7 Å². The van der Waals surface area contributed by atoms with Crippen molar-refractivity contribution in [3.8, 4) is 0 Å². The summed E-state index contributed by atoms with van der Waals surface area (Å²) < 4.78 is 0. The van der Waals surface area contributed by atoms with Gasteiger partial charge in [0.2, 0.25) is 0 Å². The van der Waals surface area contributed by atoms with Gasteiger partial charge in [0, 0.05) is 30.9 Å². The summed E-state index contributed by atoms with van der Waals surface area (Å²) in [7, 11) is 0. The third-order valence-corrected chi connectivity index (χ3v) is 4.06. The number of H-pyrrole nitrogens is 1. The zero-order valence-electron chi connectivity index (χ0n) is 14.2. The Balaban J connectivity index is 0.00000242. The maximum absolute atomic E-state index is 4.78. The normalized spacial score (nSPS) is 18.7. The van der Waals surface area contributed by atoms with Crippen LogP contribution in [0.2, 0.25) is 0 Å². The van der Waals surface area contributed by atoms with Gasteiger partial charge in [-0.1, -0.05) is 13.8 Å². The molecule has 1 aliphatic heterocycles. The van der Waals surface area contributed by atoms with Crippen molar-refractivity contribution >= 4 is 29.9 Å². The first-order valence-electron chi connectivity index (χ1n) is 8.12. The number of likely N-dealkylation sites (tertiary alicyclic amines) is 1. The van der Waals surface area contributed by atoms with Crippen molar-refractivity contribution in [3.63, 3.8) is 0 Å². The van der Waals surface area contributed by atoms with E-state index in [1.807, 2.05) is 13.1 Å². The average Bonchev–Trinajstić information content (AvgIpc) is 3.03. The SMILES string of the molecule is CCNC(=NCc1cn[nH]c1C)N1CCC(CC(C)C)C1.I. The lowest BCUT2D eigenvalue weighted by Crippen LogP contribution is -2.40. The fraction of sp³-hybridized carbons (Fsp3) is 0.750. The number of halogens is 1. The third-order valence-electron chi connectivity index (χ3n) is 4.06. The van der Waals surface area contributed by atoms with E-state index in [2.05, 4.69) is 41.2 Å². The minimum atomic E-state index is 0. The average molecular weight is 419 g/mol. The molecule has 1 unspecified atom stereocenters. The zero-order chi connectivity index (χ0) is 15.2. The Morgan fingerprint density at radius 2 is 2.32 bits per heavy atom. The molecule has 2 rings (SSSR count). The standard InChI is InChI=1S/C16H29N5.HI/c1-5-17-16(18-9-15-10-19-20-13(15)4)21-7-6-14(11-21)8-12(2)3;/h10,12,14H,5-9,11H2,1-4H3,(H,17,18)(H,19,20);1H. The number of hydrogen-bond acceptors (Lipinski definition) is 2. The van der Waals surface area contributed by atoms with Gasteiger partial charge in [0.1, 0.15) is 0 Å². The Bertz CT molecular complexity index is 469. The summed E-state index contributed by atoms with van der Waals surface area (Å²) in [5, 5.41) is 10.5. The summed E-state index contributed by atoms with van der Waals surface area (Å²) in [6, 6.07) is 0. The largest absolute Gasteiger partial charge is 0.357 e. The summed E-state index contributed by atoms with van der Waals surface area (Å²) in [6.07, 6.45) is 4.47. The number of aromatic amines is 1. The predicted octanol–water partition coefficient (Wildman–Crippen LogP) is 3.17. The lowest BCUT2D eigenvalue weighted by atomic mass is 9.97. The highest BCUT2D eigenvalue weighted by Gasteiger charge is 2.25. The van der Waals surface area contributed by atoms with Gasteiger partial charge in [-0.2, -0.15) is 5.10 Å². The molecule has 1 aromatic rings. The second-order valence-corrected chi connectivity index (χ2v) is 6.42. The number of rotatable bonds is 5. The molecule has 0 saturated carbocycles. The van der Waals surface area contributed by atoms with Gasteiger partial charge >= 0.3 is 0 Å². The molecule has 2 N–H and O–H groups in total. The van der Waals surface area contributed by atoms with Crippen molar-refractivity contribution < 1.29 is 0 Å². The molecule has 0 bridgehead atoms. The van der Waals surface area contributed by atoms with Gasteiger partial charge in [0.15, 0.2) is 5.96 Å². The Morgan fingerprint density at radius 3 is 2.91 bits per heavy atom. The second kappa shape index (κ2) is 9.37. The van der Waals surface area contributed by atoms with E-state index in [4.69, 9.17) is 4.99 Å². The second-order valence-electron chi connectivity index (χ2n) is 6.42. The molecule has 22 heavy (non-hydrogen) atoms. The molecular weight excluding hydrogens is 389 g/mol. The number of aryl methyl sites for hydroxylation is 1. The van der Waals surface area contributed by atoms with E-state index in [0.717, 1.165) is 43.1 Å². The quantitative estimate of drug-likeness (QED) is 0.438. The van der Waals surface area contributed by atoms with Gasteiger partial charge < -0.3 is 10.2 Å². The van der Waals surface area contributed by atoms with Crippen LogP contribution in [0.1, 0.15) is 44.9 Å². The van der Waals surface area contributed by atoms with Gasteiger partial charge in [-0.25, -0.2) is 4.99 Å². The number of aliphatic imine (C=N–C) groups is 1. The van der Waals surface area contributed by atoms with E-state index in [1.165, 1.54) is 18.4 Å². The summed E-state index contributed by atoms with van der Waals surface area (Å²) in [4.78, 5) is 7.19. The van der Waals surface area contributed by atoms with E-state index < -0.39 is 0 Å². The van der Waals surface area contributed by atoms with Crippen molar-refractivity contribution in [3.05, 3.63) is 17.5 Å². The van der Waals surface area contributed by atoms with Crippen LogP contribution in [0, 0.1) is 18.8 Å². The Morgan fingerprint density at radius 1 is 1.55 bits per heavy atom. The van der Waals surface area contributed by atoms with Crippen molar-refractivity contribution in [2.75, 3.05) is 19.6 Å². The molecule has 0 radical (unpaired) electrons. The van der Waals surface area contributed by atoms with E-state index in [1.54, 1.807) is 0 Å². The molecule has 0 aliphatic carbocycles. The maximum Gasteiger partial charge on any atom is 0.194 e. The topological polar surface area (TPSA) is 56.3 Å². The fourth-order valence-corrected chi connectivity index (χ4v) is 3.01. The Kier molecular flexibility index (Phi) is 8.20. The molecular formula is C16H30IN5. The first kappa shape index (κ1) is 19.3. The maximum atomic E-state index is 4.78. The van der Waals surface area contributed by atoms with Crippen LogP contribution in [0.25, 0.3) is 0 Å². The number of nitrogens with one attached hydrogen (secondary N) is 2. The van der Waals surface area contributed by atoms with Crippen LogP contribution in [0.15, 0.2) is 11.2 Å². The van der Waals surface area contributed by atoms with E-state index in [9.17, 15) is 0 Å². The van der Waals surface area contributed by atoms with Crippen LogP contribution in [-0.2, 0) is 6.54 Å². The molecule has 0 aromatic carbocycles. The van der Waals surface area contributed by atoms with Crippen LogP contribution >= 0.6 is 24.0 Å². The lowest BCUT2D eigenvalue weighted by molar-refractivity contribution is 0.403. The number of guanidine groups is 1. The molecule has 1 atom stereocenters. The molecule has 1 aliphatic rings. The molecule has 6 heteroatoms. The zero-order valence-corrected chi connectivity index (χ0v) is 16.6. The van der Waals surface area contributed by atoms with Gasteiger partial charge in [-0.15, -0.1) is 24.0 Å². The summed E-state index contributed by atoms with van der Waals surface area (Å²) in [5.41, 5.74) is 2.28. The molecule has 1 saturated heterocycles. The predicted molar refractivity (Wildman–Crippen MR) is 103 cm³/mol. The van der Waals surface area contributed by atoms with Gasteiger partial charge in [-0.05, 0) is 38.5 Å². The van der Waals surface area contributed by atoms with Gasteiger partial charge in [-0.3, -0.25) is 5.10 Å². The molecule has 1 fully saturated rings. The molecule has 1 aromatic heterocycles. The molecule has 5 nitrogen and oxygen atoms in total. The summed E-state index contributed by atoms with van der Waals surface area (Å²) in [6.45, 7) is 12.6. The van der Waals surface area contributed by atoms with E-state index in [-0.39, 0.29) is 24.0 Å². The highest BCUT2D eigenvalue weighted by atomic mass is 127. The van der Waals surface area contributed by atoms with E-state index in [0.29, 0.717) is 6.54 Å². The fourth-order valence-electron chi connectivity index (χ4n) is 3.01. The molecule has 126 valence electrons. The smallest absolute Gasteiger partial charge is 0.194 e. The van der Waals surface area contributed by atoms with Crippen LogP contribution in [0.4, 0.5) is 0 Å². The van der Waals surface area contributed by atoms with Crippen molar-refractivity contribution in [2.24, 2.45) is 16.8 Å². The first-order chi connectivity index (χ1) is 10.1. The summed E-state index contributed by atoms with van der Waals surface area (Å²) >= 11 is 0. The Labute approximate surface area is 151 Å². The minimum Gasteiger partial charge on any atom is -0.357 e. The van der Waals surface area contributed by atoms with E-state index >= 15 is 0 Å². The van der Waals surface area contributed by atoms with Crippen LogP contribution in [0.3, 0.4) is 0 Å². The number of hydrogen-bond donors (Lipinski definition) is 2. The van der Waals surface area contributed by atoms with Crippen LogP contribution < -0.4 is 5.32 Å². The monoisotopic (exact) mass is 419 g/mol. The first-order valence-corrected chi connectivity index (χ1v) is 8.12. The van der Waals surface area contributed by atoms with Crippen LogP contribution in [0.5, 0.6) is 0 Å². The molecule has 0 spiro atoms. The van der Waals surface area contributed by atoms with Crippen LogP contribution in [-0.4, -0.2) is 40.7 Å². The van der Waals surface area contributed by atoms with Crippen molar-refractivity contribution in [1.29, 1.82) is 0 Å². The van der Waals surface area contributed by atoms with Crippen molar-refractivity contribution in [2.45, 2.75) is 47.1 Å². The summed E-state index contributed by atoms with van der Waals surface area (Å²) in [5.74, 6) is 2.64. The highest BCUT2D eigenvalue weighted by Crippen LogP contribution is 2.23. The molecule has 2 heterocycles. The Hall–Kier alpha value is -0.790. The number of aromatic nitrogens is 2. The van der Waals surface area contributed by atoms with Gasteiger partial charge in [0.25, 0.3) is 0 Å². The molecule has 0 amide bonds. The number of nitrogens with zero attached hydrogens (tertiary/aromatic N) is 3. The minimum absolute atomic E-state index is 0.